The number of hydrogen-bond donors (Lipinski definition) is 2. The Balaban J connectivity index is 2.02. The molecule has 5 nitrogen and oxygen atoms in total. The van der Waals surface area contributed by atoms with Gasteiger partial charge in [-0.25, -0.2) is 9.45 Å². The number of hydroxylamine groups is 1. The van der Waals surface area contributed by atoms with Gasteiger partial charge in [-0.1, -0.05) is 30.3 Å². The fraction of sp³-hybridized carbons (Fsp3) is 0.308. The van der Waals surface area contributed by atoms with Crippen LogP contribution in [0.25, 0.3) is 11.1 Å². The average molecular weight is 471 g/mol. The molecule has 1 atom stereocenters. The van der Waals surface area contributed by atoms with Gasteiger partial charge in [-0.15, -0.1) is 0 Å². The number of hydrogen-bond acceptors (Lipinski definition) is 6. The molecule has 0 spiro atoms. The molecule has 0 unspecified atom stereocenters. The van der Waals surface area contributed by atoms with Crippen molar-refractivity contribution in [2.24, 2.45) is 0 Å². The normalized spacial score (nSPS) is 11.7. The zero-order valence-electron chi connectivity index (χ0n) is 19.5. The van der Waals surface area contributed by atoms with E-state index >= 15 is 0 Å². The minimum Gasteiger partial charge on any atom is -0.493 e. The first-order valence-electron chi connectivity index (χ1n) is 10.9. The van der Waals surface area contributed by atoms with Crippen molar-refractivity contribution in [3.05, 3.63) is 72.0 Å². The topological polar surface area (TPSA) is 54.0 Å². The maximum atomic E-state index is 14.4. The second-order valence-electron chi connectivity index (χ2n) is 7.40. The zero-order chi connectivity index (χ0) is 23.8. The van der Waals surface area contributed by atoms with Gasteiger partial charge < -0.3 is 14.8 Å². The van der Waals surface area contributed by atoms with Gasteiger partial charge in [0.2, 0.25) is 0 Å². The van der Waals surface area contributed by atoms with Crippen molar-refractivity contribution >= 4 is 23.1 Å². The van der Waals surface area contributed by atoms with Crippen molar-refractivity contribution in [3.8, 4) is 22.6 Å². The molecule has 0 fully saturated rings. The lowest BCUT2D eigenvalue weighted by atomic mass is 10.0. The van der Waals surface area contributed by atoms with E-state index in [9.17, 15) is 9.60 Å². The summed E-state index contributed by atoms with van der Waals surface area (Å²) in [6.45, 7) is 5.08. The molecule has 0 aromatic heterocycles. The summed E-state index contributed by atoms with van der Waals surface area (Å²) in [7, 11) is 1.61. The largest absolute Gasteiger partial charge is 0.493 e. The van der Waals surface area contributed by atoms with Crippen LogP contribution < -0.4 is 19.9 Å². The van der Waals surface area contributed by atoms with Crippen LogP contribution in [-0.4, -0.2) is 37.5 Å². The molecule has 7 heteroatoms. The van der Waals surface area contributed by atoms with E-state index in [1.807, 2.05) is 62.6 Å². The molecule has 0 radical (unpaired) electrons. The van der Waals surface area contributed by atoms with Gasteiger partial charge in [-0.3, -0.25) is 5.21 Å². The third-order valence-corrected chi connectivity index (χ3v) is 5.94. The van der Waals surface area contributed by atoms with Gasteiger partial charge in [0.25, 0.3) is 0 Å². The number of rotatable bonds is 11. The van der Waals surface area contributed by atoms with E-state index in [1.54, 1.807) is 31.0 Å². The van der Waals surface area contributed by atoms with Crippen molar-refractivity contribution in [1.82, 2.24) is 0 Å². The average Bonchev–Trinajstić information content (AvgIpc) is 2.83. The van der Waals surface area contributed by atoms with Crippen molar-refractivity contribution < 1.29 is 19.1 Å². The molecule has 0 heterocycles. The Kier molecular flexibility index (Phi) is 8.86. The van der Waals surface area contributed by atoms with E-state index in [0.29, 0.717) is 41.7 Å². The highest BCUT2D eigenvalue weighted by Crippen LogP contribution is 2.38. The van der Waals surface area contributed by atoms with Crippen LogP contribution in [-0.2, 0) is 0 Å². The van der Waals surface area contributed by atoms with Crippen LogP contribution in [0.2, 0.25) is 0 Å². The predicted octanol–water partition coefficient (Wildman–Crippen LogP) is 6.63. The summed E-state index contributed by atoms with van der Waals surface area (Å²) in [6.07, 6.45) is 2.00. The van der Waals surface area contributed by atoms with Crippen LogP contribution >= 0.6 is 11.8 Å². The second kappa shape index (κ2) is 11.8. The van der Waals surface area contributed by atoms with Crippen LogP contribution in [0.1, 0.15) is 25.5 Å². The molecular weight excluding hydrogens is 439 g/mol. The fourth-order valence-electron chi connectivity index (χ4n) is 3.73. The van der Waals surface area contributed by atoms with Crippen LogP contribution in [0.5, 0.6) is 11.5 Å². The van der Waals surface area contributed by atoms with Crippen LogP contribution in [0.15, 0.2) is 60.7 Å². The molecule has 3 aromatic rings. The first-order valence-corrected chi connectivity index (χ1v) is 12.3. The van der Waals surface area contributed by atoms with Crippen molar-refractivity contribution in [1.29, 1.82) is 0 Å². The van der Waals surface area contributed by atoms with E-state index in [-0.39, 0.29) is 11.9 Å². The molecule has 0 bridgehead atoms. The molecule has 0 saturated heterocycles. The zero-order valence-corrected chi connectivity index (χ0v) is 20.3. The SMILES string of the molecule is CCNc1cc(-c2ccccc2F)ccc1N(O)[C@@H](CSC)c1ccc(OC)c(OCC)c1. The van der Waals surface area contributed by atoms with Gasteiger partial charge in [0.15, 0.2) is 11.5 Å². The molecule has 176 valence electrons. The molecule has 3 aromatic carbocycles. The minimum atomic E-state index is -0.332. The van der Waals surface area contributed by atoms with Crippen LogP contribution in [0.3, 0.4) is 0 Å². The number of thioether (sulfide) groups is 1. The Morgan fingerprint density at radius 2 is 1.85 bits per heavy atom. The Morgan fingerprint density at radius 3 is 2.52 bits per heavy atom. The highest BCUT2D eigenvalue weighted by Gasteiger charge is 2.23. The van der Waals surface area contributed by atoms with Crippen LogP contribution in [0.4, 0.5) is 15.8 Å². The minimum absolute atomic E-state index is 0.282. The number of ether oxygens (including phenoxy) is 2. The lowest BCUT2D eigenvalue weighted by Crippen LogP contribution is -2.27. The van der Waals surface area contributed by atoms with Gasteiger partial charge in [0, 0.05) is 17.9 Å². The Labute approximate surface area is 199 Å². The maximum absolute atomic E-state index is 14.4. The molecule has 3 rings (SSSR count). The molecule has 0 amide bonds. The van der Waals surface area contributed by atoms with Crippen molar-refractivity contribution in [2.75, 3.05) is 42.7 Å². The van der Waals surface area contributed by atoms with E-state index < -0.39 is 0 Å². The third kappa shape index (κ3) is 5.72. The number of methoxy groups -OCH3 is 1. The third-order valence-electron chi connectivity index (χ3n) is 5.29. The lowest BCUT2D eigenvalue weighted by molar-refractivity contribution is 0.225. The maximum Gasteiger partial charge on any atom is 0.161 e. The number of benzene rings is 3. The van der Waals surface area contributed by atoms with E-state index in [0.717, 1.165) is 16.8 Å². The lowest BCUT2D eigenvalue weighted by Gasteiger charge is -2.30. The summed E-state index contributed by atoms with van der Waals surface area (Å²) in [5.41, 5.74) is 3.50. The highest BCUT2D eigenvalue weighted by atomic mass is 32.2. The summed E-state index contributed by atoms with van der Waals surface area (Å²) >= 11 is 1.63. The van der Waals surface area contributed by atoms with E-state index in [4.69, 9.17) is 9.47 Å². The quantitative estimate of drug-likeness (QED) is 0.307. The summed E-state index contributed by atoms with van der Waals surface area (Å²) in [5.74, 6) is 1.65. The molecular formula is C26H31FN2O3S. The van der Waals surface area contributed by atoms with Gasteiger partial charge in [0.1, 0.15) is 5.82 Å². The predicted molar refractivity (Wildman–Crippen MR) is 136 cm³/mol. The van der Waals surface area contributed by atoms with Crippen molar-refractivity contribution in [3.63, 3.8) is 0 Å². The summed E-state index contributed by atoms with van der Waals surface area (Å²) < 4.78 is 25.5. The molecule has 0 aliphatic rings. The molecule has 0 saturated carbocycles. The van der Waals surface area contributed by atoms with Gasteiger partial charge in [-0.05, 0) is 61.6 Å². The van der Waals surface area contributed by atoms with Crippen molar-refractivity contribution in [2.45, 2.75) is 19.9 Å². The van der Waals surface area contributed by atoms with Crippen LogP contribution in [0, 0.1) is 5.82 Å². The molecule has 0 aliphatic carbocycles. The Bertz CT molecular complexity index is 1060. The van der Waals surface area contributed by atoms with Gasteiger partial charge in [0.05, 0.1) is 31.1 Å². The monoisotopic (exact) mass is 470 g/mol. The first-order chi connectivity index (χ1) is 16.0. The standard InChI is InChI=1S/C26H31FN2O3S/c1-5-28-22-15-18(20-9-7-8-10-21(20)27)11-13-23(22)29(30)24(17-33-4)19-12-14-25(31-3)26(16-19)32-6-2/h7-16,24,28,30H,5-6,17H2,1-4H3/t24-/m0/s1. The number of anilines is 2. The molecule has 2 N–H and O–H groups in total. The smallest absolute Gasteiger partial charge is 0.161 e. The Hall–Kier alpha value is -2.90. The fourth-order valence-corrected chi connectivity index (χ4v) is 4.38. The first kappa shape index (κ1) is 24.7. The summed E-state index contributed by atoms with van der Waals surface area (Å²) in [6, 6.07) is 17.6. The Morgan fingerprint density at radius 1 is 1.06 bits per heavy atom. The molecule has 0 aliphatic heterocycles. The number of halogens is 1. The summed E-state index contributed by atoms with van der Waals surface area (Å²) in [5, 5.41) is 16.0. The van der Waals surface area contributed by atoms with E-state index in [1.165, 1.54) is 11.1 Å². The van der Waals surface area contributed by atoms with E-state index in [2.05, 4.69) is 5.32 Å². The number of nitrogens with zero attached hydrogens (tertiary/aromatic N) is 1. The highest BCUT2D eigenvalue weighted by molar-refractivity contribution is 7.98. The second-order valence-corrected chi connectivity index (χ2v) is 8.31. The molecule has 33 heavy (non-hydrogen) atoms. The summed E-state index contributed by atoms with van der Waals surface area (Å²) in [4.78, 5) is 0. The van der Waals surface area contributed by atoms with Gasteiger partial charge >= 0.3 is 0 Å². The van der Waals surface area contributed by atoms with Gasteiger partial charge in [-0.2, -0.15) is 11.8 Å². The number of nitrogens with one attached hydrogen (secondary N) is 1.